The lowest BCUT2D eigenvalue weighted by atomic mass is 9.80. The van der Waals surface area contributed by atoms with E-state index in [2.05, 4.69) is 45.2 Å². The number of allylic oxidation sites excluding steroid dienone is 8. The van der Waals surface area contributed by atoms with Crippen LogP contribution in [-0.4, -0.2) is 0 Å². The monoisotopic (exact) mass is 228 g/mol. The molecule has 0 N–H and O–H groups in total. The minimum Gasteiger partial charge on any atom is -0.0991 e. The van der Waals surface area contributed by atoms with Crippen molar-refractivity contribution in [2.24, 2.45) is 5.92 Å². The van der Waals surface area contributed by atoms with E-state index in [0.717, 1.165) is 5.92 Å². The maximum Gasteiger partial charge on any atom is -0.0245 e. The van der Waals surface area contributed by atoms with Gasteiger partial charge in [-0.15, -0.1) is 0 Å². The molecule has 1 rings (SSSR count). The zero-order valence-electron chi connectivity index (χ0n) is 11.2. The molecule has 0 saturated heterocycles. The molecule has 0 aromatic heterocycles. The predicted molar refractivity (Wildman–Crippen MR) is 77.9 cm³/mol. The van der Waals surface area contributed by atoms with E-state index in [4.69, 9.17) is 0 Å². The number of hydrogen-bond donors (Lipinski definition) is 0. The summed E-state index contributed by atoms with van der Waals surface area (Å²) in [6.45, 7) is 12.0. The molecule has 0 heterocycles. The van der Waals surface area contributed by atoms with Gasteiger partial charge in [0.25, 0.3) is 0 Å². The van der Waals surface area contributed by atoms with Gasteiger partial charge >= 0.3 is 0 Å². The maximum absolute atomic E-state index is 3.94. The molecule has 1 unspecified atom stereocenters. The molecule has 0 heteroatoms. The SMILES string of the molecule is C=CC=C(C)CC1CCC(C=CC)=C(C=C)C1. The maximum atomic E-state index is 3.94. The van der Waals surface area contributed by atoms with Gasteiger partial charge in [-0.05, 0) is 56.6 Å². The van der Waals surface area contributed by atoms with Gasteiger partial charge in [-0.3, -0.25) is 0 Å². The Bertz CT molecular complexity index is 363. The Morgan fingerprint density at radius 3 is 2.71 bits per heavy atom. The summed E-state index contributed by atoms with van der Waals surface area (Å²) in [6, 6.07) is 0. The Kier molecular flexibility index (Phi) is 5.76. The summed E-state index contributed by atoms with van der Waals surface area (Å²) in [5.41, 5.74) is 4.35. The summed E-state index contributed by atoms with van der Waals surface area (Å²) in [5.74, 6) is 0.771. The topological polar surface area (TPSA) is 0 Å². The van der Waals surface area contributed by atoms with Crippen molar-refractivity contribution in [3.8, 4) is 0 Å². The molecule has 1 aliphatic carbocycles. The summed E-state index contributed by atoms with van der Waals surface area (Å²) >= 11 is 0. The predicted octanol–water partition coefficient (Wildman–Crippen LogP) is 5.37. The second-order valence-corrected chi connectivity index (χ2v) is 4.82. The molecule has 1 aliphatic rings. The van der Waals surface area contributed by atoms with Gasteiger partial charge in [-0.25, -0.2) is 0 Å². The first-order valence-electron chi connectivity index (χ1n) is 6.46. The molecular weight excluding hydrogens is 204 g/mol. The summed E-state index contributed by atoms with van der Waals surface area (Å²) in [7, 11) is 0. The van der Waals surface area contributed by atoms with Crippen LogP contribution >= 0.6 is 0 Å². The molecule has 17 heavy (non-hydrogen) atoms. The quantitative estimate of drug-likeness (QED) is 0.555. The highest BCUT2D eigenvalue weighted by Gasteiger charge is 2.18. The molecule has 0 fully saturated rings. The Balaban J connectivity index is 2.70. The fraction of sp³-hybridized carbons (Fsp3) is 0.412. The Morgan fingerprint density at radius 1 is 1.35 bits per heavy atom. The van der Waals surface area contributed by atoms with Crippen LogP contribution in [0.5, 0.6) is 0 Å². The molecule has 0 nitrogen and oxygen atoms in total. The van der Waals surface area contributed by atoms with Gasteiger partial charge in [0, 0.05) is 0 Å². The summed E-state index contributed by atoms with van der Waals surface area (Å²) in [5, 5.41) is 0. The highest BCUT2D eigenvalue weighted by molar-refractivity contribution is 5.34. The van der Waals surface area contributed by atoms with E-state index in [-0.39, 0.29) is 0 Å². The highest BCUT2D eigenvalue weighted by Crippen LogP contribution is 2.34. The van der Waals surface area contributed by atoms with Gasteiger partial charge in [0.1, 0.15) is 0 Å². The third-order valence-corrected chi connectivity index (χ3v) is 3.37. The van der Waals surface area contributed by atoms with E-state index in [1.54, 1.807) is 0 Å². The summed E-state index contributed by atoms with van der Waals surface area (Å²) in [4.78, 5) is 0. The van der Waals surface area contributed by atoms with Crippen LogP contribution in [0.2, 0.25) is 0 Å². The molecule has 0 bridgehead atoms. The Hall–Kier alpha value is -1.30. The van der Waals surface area contributed by atoms with Crippen LogP contribution in [0.15, 0.2) is 60.3 Å². The van der Waals surface area contributed by atoms with Crippen molar-refractivity contribution in [2.75, 3.05) is 0 Å². The first-order valence-corrected chi connectivity index (χ1v) is 6.46. The smallest absolute Gasteiger partial charge is 0.0245 e. The van der Waals surface area contributed by atoms with Crippen LogP contribution in [0, 0.1) is 5.92 Å². The van der Waals surface area contributed by atoms with E-state index in [1.807, 2.05) is 12.2 Å². The van der Waals surface area contributed by atoms with Crippen molar-refractivity contribution in [2.45, 2.75) is 39.5 Å². The van der Waals surface area contributed by atoms with Crippen LogP contribution in [0.4, 0.5) is 0 Å². The third-order valence-electron chi connectivity index (χ3n) is 3.37. The lowest BCUT2D eigenvalue weighted by Crippen LogP contribution is -2.09. The molecule has 0 radical (unpaired) electrons. The van der Waals surface area contributed by atoms with Gasteiger partial charge in [0.2, 0.25) is 0 Å². The van der Waals surface area contributed by atoms with E-state index in [9.17, 15) is 0 Å². The third kappa shape index (κ3) is 4.22. The average molecular weight is 228 g/mol. The summed E-state index contributed by atoms with van der Waals surface area (Å²) in [6.07, 6.45) is 15.2. The van der Waals surface area contributed by atoms with Crippen LogP contribution < -0.4 is 0 Å². The summed E-state index contributed by atoms with van der Waals surface area (Å²) < 4.78 is 0. The standard InChI is InChI=1S/C17H24/c1-5-8-14(4)12-15-10-11-17(9-6-2)16(7-3)13-15/h5-9,15H,1,3,10-13H2,2,4H3. The van der Waals surface area contributed by atoms with Crippen LogP contribution in [-0.2, 0) is 0 Å². The van der Waals surface area contributed by atoms with Gasteiger partial charge < -0.3 is 0 Å². The minimum absolute atomic E-state index is 0.771. The van der Waals surface area contributed by atoms with E-state index < -0.39 is 0 Å². The highest BCUT2D eigenvalue weighted by atomic mass is 14.2. The zero-order valence-corrected chi connectivity index (χ0v) is 11.2. The minimum atomic E-state index is 0.771. The van der Waals surface area contributed by atoms with E-state index >= 15 is 0 Å². The van der Waals surface area contributed by atoms with Crippen LogP contribution in [0.1, 0.15) is 39.5 Å². The van der Waals surface area contributed by atoms with Crippen LogP contribution in [0.25, 0.3) is 0 Å². The fourth-order valence-electron chi connectivity index (χ4n) is 2.57. The molecule has 1 atom stereocenters. The molecule has 0 spiro atoms. The first-order chi connectivity index (χ1) is 8.21. The Morgan fingerprint density at radius 2 is 2.12 bits per heavy atom. The van der Waals surface area contributed by atoms with Crippen LogP contribution in [0.3, 0.4) is 0 Å². The number of hydrogen-bond acceptors (Lipinski definition) is 0. The molecule has 0 aromatic carbocycles. The Labute approximate surface area is 106 Å². The average Bonchev–Trinajstić information content (AvgIpc) is 2.31. The molecule has 92 valence electrons. The fourth-order valence-corrected chi connectivity index (χ4v) is 2.57. The van der Waals surface area contributed by atoms with E-state index in [1.165, 1.54) is 42.4 Å². The zero-order chi connectivity index (χ0) is 12.7. The van der Waals surface area contributed by atoms with Gasteiger partial charge in [-0.2, -0.15) is 0 Å². The van der Waals surface area contributed by atoms with Gasteiger partial charge in [0.15, 0.2) is 0 Å². The number of rotatable bonds is 5. The molecule has 0 amide bonds. The molecule has 0 aliphatic heterocycles. The van der Waals surface area contributed by atoms with Crippen molar-refractivity contribution in [1.29, 1.82) is 0 Å². The lowest BCUT2D eigenvalue weighted by molar-refractivity contribution is 0.459. The van der Waals surface area contributed by atoms with Crippen molar-refractivity contribution >= 4 is 0 Å². The first kappa shape index (κ1) is 13.8. The van der Waals surface area contributed by atoms with Gasteiger partial charge in [0.05, 0.1) is 0 Å². The molecule has 0 saturated carbocycles. The lowest BCUT2D eigenvalue weighted by Gasteiger charge is -2.25. The second-order valence-electron chi connectivity index (χ2n) is 4.82. The van der Waals surface area contributed by atoms with Crippen molar-refractivity contribution in [3.05, 3.63) is 60.3 Å². The molecule has 0 aromatic rings. The largest absolute Gasteiger partial charge is 0.0991 e. The van der Waals surface area contributed by atoms with Crippen molar-refractivity contribution in [1.82, 2.24) is 0 Å². The normalized spacial score (nSPS) is 22.0. The second kappa shape index (κ2) is 7.11. The van der Waals surface area contributed by atoms with Crippen molar-refractivity contribution < 1.29 is 0 Å². The van der Waals surface area contributed by atoms with Gasteiger partial charge in [-0.1, -0.05) is 49.1 Å². The van der Waals surface area contributed by atoms with E-state index in [0.29, 0.717) is 0 Å². The van der Waals surface area contributed by atoms with Crippen molar-refractivity contribution in [3.63, 3.8) is 0 Å². The molecular formula is C17H24.